The second-order valence-electron chi connectivity index (χ2n) is 5.23. The molecule has 1 N–H and O–H groups in total. The molecule has 0 aliphatic rings. The van der Waals surface area contributed by atoms with Crippen LogP contribution >= 0.6 is 11.6 Å². The van der Waals surface area contributed by atoms with Crippen molar-refractivity contribution < 1.29 is 14.0 Å². The second kappa shape index (κ2) is 8.39. The summed E-state index contributed by atoms with van der Waals surface area (Å²) in [7, 11) is 1.62. The maximum atomic E-state index is 12.1. The minimum absolute atomic E-state index is 0.0279. The SMILES string of the molecule is CN(CC(=O)NCc1ccco1)C(=O)CCc1ccc(Cl)cc1. The fourth-order valence-corrected chi connectivity index (χ4v) is 2.18. The Labute approximate surface area is 140 Å². The van der Waals surface area contributed by atoms with Crippen LogP contribution in [0.1, 0.15) is 17.7 Å². The largest absolute Gasteiger partial charge is 0.467 e. The Morgan fingerprint density at radius 3 is 2.61 bits per heavy atom. The van der Waals surface area contributed by atoms with Crippen LogP contribution < -0.4 is 5.32 Å². The molecule has 1 heterocycles. The van der Waals surface area contributed by atoms with E-state index in [4.69, 9.17) is 16.0 Å². The van der Waals surface area contributed by atoms with E-state index in [1.54, 1.807) is 37.6 Å². The summed E-state index contributed by atoms with van der Waals surface area (Å²) in [4.78, 5) is 25.3. The molecule has 23 heavy (non-hydrogen) atoms. The molecule has 0 saturated heterocycles. The van der Waals surface area contributed by atoms with Crippen LogP contribution in [0.4, 0.5) is 0 Å². The van der Waals surface area contributed by atoms with Gasteiger partial charge in [-0.2, -0.15) is 0 Å². The highest BCUT2D eigenvalue weighted by Crippen LogP contribution is 2.11. The maximum absolute atomic E-state index is 12.1. The molecule has 0 unspecified atom stereocenters. The quantitative estimate of drug-likeness (QED) is 0.846. The van der Waals surface area contributed by atoms with Gasteiger partial charge < -0.3 is 14.6 Å². The Morgan fingerprint density at radius 1 is 1.22 bits per heavy atom. The van der Waals surface area contributed by atoms with E-state index in [1.165, 1.54) is 4.90 Å². The van der Waals surface area contributed by atoms with E-state index >= 15 is 0 Å². The van der Waals surface area contributed by atoms with Crippen molar-refractivity contribution in [1.82, 2.24) is 10.2 Å². The second-order valence-corrected chi connectivity index (χ2v) is 5.67. The zero-order valence-corrected chi connectivity index (χ0v) is 13.7. The third-order valence-electron chi connectivity index (χ3n) is 3.39. The molecule has 0 fully saturated rings. The smallest absolute Gasteiger partial charge is 0.239 e. The fourth-order valence-electron chi connectivity index (χ4n) is 2.05. The molecule has 6 heteroatoms. The Hall–Kier alpha value is -2.27. The van der Waals surface area contributed by atoms with Crippen LogP contribution in [-0.4, -0.2) is 30.3 Å². The summed E-state index contributed by atoms with van der Waals surface area (Å²) < 4.78 is 5.13. The van der Waals surface area contributed by atoms with Crippen molar-refractivity contribution in [3.05, 3.63) is 59.0 Å². The highest BCUT2D eigenvalue weighted by atomic mass is 35.5. The van der Waals surface area contributed by atoms with E-state index in [1.807, 2.05) is 12.1 Å². The summed E-state index contributed by atoms with van der Waals surface area (Å²) in [6.45, 7) is 0.346. The van der Waals surface area contributed by atoms with Gasteiger partial charge in [0.1, 0.15) is 5.76 Å². The number of nitrogens with one attached hydrogen (secondary N) is 1. The summed E-state index contributed by atoms with van der Waals surface area (Å²) in [5.41, 5.74) is 1.04. The van der Waals surface area contributed by atoms with Gasteiger partial charge in [-0.1, -0.05) is 23.7 Å². The van der Waals surface area contributed by atoms with Crippen LogP contribution in [0.3, 0.4) is 0 Å². The molecule has 0 radical (unpaired) electrons. The first kappa shape index (κ1) is 17.1. The molecule has 0 bridgehead atoms. The molecular formula is C17H19ClN2O3. The number of halogens is 1. The molecule has 2 aromatic rings. The first-order valence-electron chi connectivity index (χ1n) is 7.32. The highest BCUT2D eigenvalue weighted by Gasteiger charge is 2.13. The van der Waals surface area contributed by atoms with Gasteiger partial charge in [0.25, 0.3) is 0 Å². The normalized spacial score (nSPS) is 10.3. The van der Waals surface area contributed by atoms with Crippen molar-refractivity contribution in [2.45, 2.75) is 19.4 Å². The number of amides is 2. The summed E-state index contributed by atoms with van der Waals surface area (Å²) in [5, 5.41) is 3.38. The van der Waals surface area contributed by atoms with Crippen molar-refractivity contribution in [1.29, 1.82) is 0 Å². The lowest BCUT2D eigenvalue weighted by atomic mass is 10.1. The third-order valence-corrected chi connectivity index (χ3v) is 3.64. The van der Waals surface area contributed by atoms with E-state index in [9.17, 15) is 9.59 Å². The molecule has 0 saturated carbocycles. The van der Waals surface area contributed by atoms with Gasteiger partial charge in [-0.05, 0) is 36.2 Å². The van der Waals surface area contributed by atoms with Gasteiger partial charge in [0.15, 0.2) is 0 Å². The van der Waals surface area contributed by atoms with Gasteiger partial charge in [0.2, 0.25) is 11.8 Å². The van der Waals surface area contributed by atoms with Crippen LogP contribution in [0.25, 0.3) is 0 Å². The number of hydrogen-bond donors (Lipinski definition) is 1. The molecule has 122 valence electrons. The lowest BCUT2D eigenvalue weighted by molar-refractivity contribution is -0.134. The minimum Gasteiger partial charge on any atom is -0.467 e. The van der Waals surface area contributed by atoms with E-state index in [0.29, 0.717) is 30.2 Å². The zero-order chi connectivity index (χ0) is 16.7. The Morgan fingerprint density at radius 2 is 1.96 bits per heavy atom. The predicted molar refractivity (Wildman–Crippen MR) is 88.0 cm³/mol. The molecule has 0 aliphatic carbocycles. The van der Waals surface area contributed by atoms with Crippen LogP contribution in [0.15, 0.2) is 47.1 Å². The number of carbonyl (C=O) groups is 2. The van der Waals surface area contributed by atoms with Crippen molar-refractivity contribution in [2.75, 3.05) is 13.6 Å². The van der Waals surface area contributed by atoms with Crippen LogP contribution in [0.5, 0.6) is 0 Å². The van der Waals surface area contributed by atoms with Gasteiger partial charge in [0, 0.05) is 18.5 Å². The predicted octanol–water partition coefficient (Wildman–Crippen LogP) is 2.64. The van der Waals surface area contributed by atoms with Crippen LogP contribution in [0.2, 0.25) is 5.02 Å². The summed E-state index contributed by atoms with van der Waals surface area (Å²) in [6.07, 6.45) is 2.52. The van der Waals surface area contributed by atoms with Gasteiger partial charge in [-0.25, -0.2) is 0 Å². The molecule has 1 aromatic carbocycles. The average molecular weight is 335 g/mol. The number of furan rings is 1. The lowest BCUT2D eigenvalue weighted by Crippen LogP contribution is -2.38. The first-order valence-corrected chi connectivity index (χ1v) is 7.70. The zero-order valence-electron chi connectivity index (χ0n) is 12.9. The van der Waals surface area contributed by atoms with Gasteiger partial charge in [0.05, 0.1) is 19.4 Å². The molecule has 5 nitrogen and oxygen atoms in total. The Bertz CT molecular complexity index is 638. The summed E-state index contributed by atoms with van der Waals surface area (Å²) >= 11 is 5.82. The molecule has 0 aliphatic heterocycles. The van der Waals surface area contributed by atoms with Crippen molar-refractivity contribution in [3.63, 3.8) is 0 Å². The standard InChI is InChI=1S/C17H19ClN2O3/c1-20(12-16(21)19-11-15-3-2-10-23-15)17(22)9-6-13-4-7-14(18)8-5-13/h2-5,7-8,10H,6,9,11-12H2,1H3,(H,19,21). The average Bonchev–Trinajstić information content (AvgIpc) is 3.05. The van der Waals surface area contributed by atoms with Crippen molar-refractivity contribution in [3.8, 4) is 0 Å². The third kappa shape index (κ3) is 5.79. The van der Waals surface area contributed by atoms with E-state index < -0.39 is 0 Å². The molecule has 2 rings (SSSR count). The first-order chi connectivity index (χ1) is 11.0. The summed E-state index contributed by atoms with van der Waals surface area (Å²) in [5.74, 6) is 0.381. The van der Waals surface area contributed by atoms with Gasteiger partial charge >= 0.3 is 0 Å². The molecular weight excluding hydrogens is 316 g/mol. The number of hydrogen-bond acceptors (Lipinski definition) is 3. The van der Waals surface area contributed by atoms with E-state index in [-0.39, 0.29) is 18.4 Å². The van der Waals surface area contributed by atoms with Crippen LogP contribution in [-0.2, 0) is 22.6 Å². The van der Waals surface area contributed by atoms with Crippen molar-refractivity contribution in [2.24, 2.45) is 0 Å². The number of nitrogens with zero attached hydrogens (tertiary/aromatic N) is 1. The number of carbonyl (C=O) groups excluding carboxylic acids is 2. The number of likely N-dealkylation sites (N-methyl/N-ethyl adjacent to an activating group) is 1. The molecule has 1 aromatic heterocycles. The highest BCUT2D eigenvalue weighted by molar-refractivity contribution is 6.30. The number of benzene rings is 1. The van der Waals surface area contributed by atoms with Gasteiger partial charge in [-0.15, -0.1) is 0 Å². The number of aryl methyl sites for hydroxylation is 1. The Kier molecular flexibility index (Phi) is 6.23. The monoisotopic (exact) mass is 334 g/mol. The van der Waals surface area contributed by atoms with Crippen LogP contribution in [0, 0.1) is 0 Å². The number of rotatable bonds is 7. The topological polar surface area (TPSA) is 62.6 Å². The molecule has 0 atom stereocenters. The fraction of sp³-hybridized carbons (Fsp3) is 0.294. The molecule has 0 spiro atoms. The summed E-state index contributed by atoms with van der Waals surface area (Å²) in [6, 6.07) is 10.9. The molecule has 2 amide bonds. The maximum Gasteiger partial charge on any atom is 0.239 e. The van der Waals surface area contributed by atoms with Crippen molar-refractivity contribution >= 4 is 23.4 Å². The lowest BCUT2D eigenvalue weighted by Gasteiger charge is -2.16. The van der Waals surface area contributed by atoms with E-state index in [2.05, 4.69) is 5.32 Å². The van der Waals surface area contributed by atoms with Gasteiger partial charge in [-0.3, -0.25) is 9.59 Å². The Balaban J connectivity index is 1.71. The van der Waals surface area contributed by atoms with E-state index in [0.717, 1.165) is 5.56 Å². The minimum atomic E-state index is -0.219.